The van der Waals surface area contributed by atoms with Gasteiger partial charge in [-0.1, -0.05) is 0 Å². The number of rotatable bonds is 3. The summed E-state index contributed by atoms with van der Waals surface area (Å²) in [7, 11) is 0. The second-order valence-corrected chi connectivity index (χ2v) is 3.32. The maximum absolute atomic E-state index is 10.0. The van der Waals surface area contributed by atoms with Gasteiger partial charge in [-0.2, -0.15) is 4.99 Å². The van der Waals surface area contributed by atoms with Crippen LogP contribution in [0.2, 0.25) is 0 Å². The highest BCUT2D eigenvalue weighted by atomic mass is 16.5. The summed E-state index contributed by atoms with van der Waals surface area (Å²) in [5, 5.41) is 0. The molecule has 1 aromatic carbocycles. The summed E-state index contributed by atoms with van der Waals surface area (Å²) in [5.74, 6) is 0.824. The first-order valence-electron chi connectivity index (χ1n) is 4.48. The van der Waals surface area contributed by atoms with E-state index in [1.54, 1.807) is 12.1 Å². The first kappa shape index (κ1) is 10.5. The second-order valence-electron chi connectivity index (χ2n) is 3.32. The molecule has 0 amide bonds. The van der Waals surface area contributed by atoms with Crippen LogP contribution in [-0.4, -0.2) is 12.2 Å². The molecule has 3 nitrogen and oxygen atoms in total. The van der Waals surface area contributed by atoms with Gasteiger partial charge in [0.15, 0.2) is 0 Å². The summed E-state index contributed by atoms with van der Waals surface area (Å²) in [6, 6.07) is 5.34. The van der Waals surface area contributed by atoms with Crippen LogP contribution >= 0.6 is 0 Å². The fraction of sp³-hybridized carbons (Fsp3) is 0.364. The monoisotopic (exact) mass is 191 g/mol. The second kappa shape index (κ2) is 4.58. The minimum absolute atomic E-state index is 0.147. The summed E-state index contributed by atoms with van der Waals surface area (Å²) in [6.07, 6.45) is 1.65. The number of aliphatic imine (C=N–C) groups is 1. The summed E-state index contributed by atoms with van der Waals surface area (Å²) >= 11 is 0. The minimum atomic E-state index is 0.147. The predicted molar refractivity (Wildman–Crippen MR) is 54.7 cm³/mol. The molecule has 0 N–H and O–H groups in total. The first-order valence-corrected chi connectivity index (χ1v) is 4.48. The van der Waals surface area contributed by atoms with Gasteiger partial charge in [-0.25, -0.2) is 4.79 Å². The zero-order chi connectivity index (χ0) is 10.6. The molecule has 0 saturated carbocycles. The number of benzene rings is 1. The fourth-order valence-electron chi connectivity index (χ4n) is 1.14. The highest BCUT2D eigenvalue weighted by molar-refractivity contribution is 5.52. The van der Waals surface area contributed by atoms with Crippen LogP contribution in [0, 0.1) is 6.92 Å². The number of isocyanates is 1. The maximum atomic E-state index is 10.0. The molecule has 0 aromatic heterocycles. The van der Waals surface area contributed by atoms with Gasteiger partial charge in [0.2, 0.25) is 6.08 Å². The third-order valence-electron chi connectivity index (χ3n) is 1.70. The predicted octanol–water partition coefficient (Wildman–Crippen LogP) is 2.75. The lowest BCUT2D eigenvalue weighted by Gasteiger charge is -2.11. The van der Waals surface area contributed by atoms with Gasteiger partial charge in [0.05, 0.1) is 11.8 Å². The van der Waals surface area contributed by atoms with Crippen LogP contribution in [0.4, 0.5) is 5.69 Å². The van der Waals surface area contributed by atoms with Gasteiger partial charge in [-0.05, 0) is 44.5 Å². The van der Waals surface area contributed by atoms with E-state index in [2.05, 4.69) is 4.99 Å². The van der Waals surface area contributed by atoms with Crippen LogP contribution in [0.15, 0.2) is 23.2 Å². The highest BCUT2D eigenvalue weighted by Gasteiger charge is 2.02. The van der Waals surface area contributed by atoms with Gasteiger partial charge in [-0.15, -0.1) is 0 Å². The Morgan fingerprint density at radius 2 is 2.14 bits per heavy atom. The molecule has 0 aliphatic rings. The Kier molecular flexibility index (Phi) is 3.43. The zero-order valence-electron chi connectivity index (χ0n) is 8.57. The van der Waals surface area contributed by atoms with Crippen molar-refractivity contribution in [3.05, 3.63) is 23.8 Å². The lowest BCUT2D eigenvalue weighted by atomic mass is 10.2. The molecule has 3 heteroatoms. The lowest BCUT2D eigenvalue weighted by Crippen LogP contribution is -2.06. The topological polar surface area (TPSA) is 38.7 Å². The number of carbonyl (C=O) groups excluding carboxylic acids is 1. The lowest BCUT2D eigenvalue weighted by molar-refractivity contribution is 0.241. The molecule has 1 aromatic rings. The Balaban J connectivity index is 2.95. The van der Waals surface area contributed by atoms with Crippen molar-refractivity contribution in [1.82, 2.24) is 0 Å². The van der Waals surface area contributed by atoms with Crippen molar-refractivity contribution >= 4 is 11.8 Å². The van der Waals surface area contributed by atoms with E-state index >= 15 is 0 Å². The molecule has 0 spiro atoms. The molecule has 0 unspecified atom stereocenters. The van der Waals surface area contributed by atoms with Crippen molar-refractivity contribution < 1.29 is 9.53 Å². The van der Waals surface area contributed by atoms with E-state index < -0.39 is 0 Å². The third kappa shape index (κ3) is 2.71. The molecule has 0 aliphatic heterocycles. The third-order valence-corrected chi connectivity index (χ3v) is 1.70. The first-order chi connectivity index (χ1) is 6.63. The van der Waals surface area contributed by atoms with Crippen molar-refractivity contribution in [2.24, 2.45) is 4.99 Å². The van der Waals surface area contributed by atoms with Crippen molar-refractivity contribution in [2.45, 2.75) is 26.9 Å². The van der Waals surface area contributed by atoms with Crippen molar-refractivity contribution in [2.75, 3.05) is 0 Å². The smallest absolute Gasteiger partial charge is 0.240 e. The van der Waals surface area contributed by atoms with Crippen molar-refractivity contribution in [1.29, 1.82) is 0 Å². The number of ether oxygens (including phenoxy) is 1. The van der Waals surface area contributed by atoms with E-state index in [4.69, 9.17) is 4.74 Å². The molecular weight excluding hydrogens is 178 g/mol. The molecule has 0 saturated heterocycles. The summed E-state index contributed by atoms with van der Waals surface area (Å²) < 4.78 is 5.54. The van der Waals surface area contributed by atoms with Gasteiger partial charge in [0, 0.05) is 0 Å². The normalized spacial score (nSPS) is 9.71. The van der Waals surface area contributed by atoms with Crippen LogP contribution in [0.1, 0.15) is 19.4 Å². The van der Waals surface area contributed by atoms with Crippen LogP contribution in [0.3, 0.4) is 0 Å². The van der Waals surface area contributed by atoms with Gasteiger partial charge in [-0.3, -0.25) is 0 Å². The molecule has 0 fully saturated rings. The Bertz CT molecular complexity index is 366. The van der Waals surface area contributed by atoms with E-state index in [0.717, 1.165) is 11.3 Å². The summed E-state index contributed by atoms with van der Waals surface area (Å²) in [4.78, 5) is 13.6. The minimum Gasteiger partial charge on any atom is -0.491 e. The van der Waals surface area contributed by atoms with Crippen LogP contribution in [0.5, 0.6) is 5.75 Å². The van der Waals surface area contributed by atoms with E-state index in [-0.39, 0.29) is 6.10 Å². The Hall–Kier alpha value is -1.60. The molecule has 0 heterocycles. The van der Waals surface area contributed by atoms with Crippen molar-refractivity contribution in [3.8, 4) is 5.75 Å². The number of aryl methyl sites for hydroxylation is 1. The molecule has 0 aliphatic carbocycles. The number of nitrogens with zero attached hydrogens (tertiary/aromatic N) is 1. The van der Waals surface area contributed by atoms with Crippen LogP contribution in [-0.2, 0) is 4.79 Å². The standard InChI is InChI=1S/C11H13NO2/c1-8(2)14-11-5-4-10(12-7-13)6-9(11)3/h4-6,8H,1-3H3. The van der Waals surface area contributed by atoms with E-state index in [0.29, 0.717) is 5.69 Å². The van der Waals surface area contributed by atoms with Gasteiger partial charge in [0.1, 0.15) is 5.75 Å². The SMILES string of the molecule is Cc1cc(N=C=O)ccc1OC(C)C. The largest absolute Gasteiger partial charge is 0.491 e. The molecule has 14 heavy (non-hydrogen) atoms. The summed E-state index contributed by atoms with van der Waals surface area (Å²) in [5.41, 5.74) is 1.57. The zero-order valence-corrected chi connectivity index (χ0v) is 8.57. The fourth-order valence-corrected chi connectivity index (χ4v) is 1.14. The number of hydrogen-bond acceptors (Lipinski definition) is 3. The molecule has 0 atom stereocenters. The van der Waals surface area contributed by atoms with Gasteiger partial charge in [0.25, 0.3) is 0 Å². The van der Waals surface area contributed by atoms with Crippen LogP contribution < -0.4 is 4.74 Å². The molecular formula is C11H13NO2. The Morgan fingerprint density at radius 1 is 1.43 bits per heavy atom. The summed E-state index contributed by atoms with van der Waals surface area (Å²) in [6.45, 7) is 5.86. The van der Waals surface area contributed by atoms with Gasteiger partial charge >= 0.3 is 0 Å². The molecule has 0 bridgehead atoms. The van der Waals surface area contributed by atoms with Crippen LogP contribution in [0.25, 0.3) is 0 Å². The molecule has 0 radical (unpaired) electrons. The highest BCUT2D eigenvalue weighted by Crippen LogP contribution is 2.24. The van der Waals surface area contributed by atoms with Gasteiger partial charge < -0.3 is 4.74 Å². The average Bonchev–Trinajstić information content (AvgIpc) is 2.10. The molecule has 74 valence electrons. The van der Waals surface area contributed by atoms with E-state index in [9.17, 15) is 4.79 Å². The van der Waals surface area contributed by atoms with Crippen molar-refractivity contribution in [3.63, 3.8) is 0 Å². The van der Waals surface area contributed by atoms with E-state index in [1.165, 1.54) is 6.08 Å². The maximum Gasteiger partial charge on any atom is 0.240 e. The quantitative estimate of drug-likeness (QED) is 0.544. The number of hydrogen-bond donors (Lipinski definition) is 0. The van der Waals surface area contributed by atoms with E-state index in [1.807, 2.05) is 26.8 Å². The Morgan fingerprint density at radius 3 is 2.64 bits per heavy atom. The Labute approximate surface area is 83.4 Å². The molecule has 1 rings (SSSR count). The average molecular weight is 191 g/mol.